The van der Waals surface area contributed by atoms with E-state index in [1.807, 2.05) is 0 Å². The van der Waals surface area contributed by atoms with Gasteiger partial charge in [0.1, 0.15) is 12.1 Å². The zero-order valence-electron chi connectivity index (χ0n) is 16.2. The maximum Gasteiger partial charge on any atom is 0.407 e. The van der Waals surface area contributed by atoms with E-state index in [2.05, 4.69) is 5.32 Å². The second-order valence-electron chi connectivity index (χ2n) is 7.56. The molecular formula is C19H25N3O5. The number of nitrogens with zero attached hydrogens (tertiary/aromatic N) is 2. The van der Waals surface area contributed by atoms with Gasteiger partial charge in [-0.3, -0.25) is 19.3 Å². The molecule has 0 aliphatic carbocycles. The molecule has 1 atom stereocenters. The third kappa shape index (κ3) is 5.06. The van der Waals surface area contributed by atoms with Crippen LogP contribution in [0.2, 0.25) is 0 Å². The molecule has 2 rings (SSSR count). The first kappa shape index (κ1) is 20.4. The van der Waals surface area contributed by atoms with Gasteiger partial charge in [-0.05, 0) is 39.8 Å². The third-order valence-electron chi connectivity index (χ3n) is 3.91. The number of amides is 4. The molecule has 1 aromatic rings. The molecule has 0 spiro atoms. The van der Waals surface area contributed by atoms with Crippen molar-refractivity contribution in [1.29, 1.82) is 0 Å². The van der Waals surface area contributed by atoms with Crippen LogP contribution in [-0.2, 0) is 9.53 Å². The van der Waals surface area contributed by atoms with Crippen LogP contribution in [0, 0.1) is 0 Å². The normalized spacial score (nSPS) is 14.6. The van der Waals surface area contributed by atoms with E-state index in [1.54, 1.807) is 59.0 Å². The lowest BCUT2D eigenvalue weighted by Gasteiger charge is -2.26. The van der Waals surface area contributed by atoms with Crippen LogP contribution < -0.4 is 5.32 Å². The predicted molar refractivity (Wildman–Crippen MR) is 98.3 cm³/mol. The van der Waals surface area contributed by atoms with Crippen molar-refractivity contribution in [3.05, 3.63) is 35.4 Å². The van der Waals surface area contributed by atoms with Crippen LogP contribution in [0.25, 0.3) is 0 Å². The van der Waals surface area contributed by atoms with Crippen molar-refractivity contribution in [2.24, 2.45) is 0 Å². The lowest BCUT2D eigenvalue weighted by molar-refractivity contribution is -0.130. The second-order valence-corrected chi connectivity index (χ2v) is 7.56. The zero-order valence-corrected chi connectivity index (χ0v) is 16.2. The van der Waals surface area contributed by atoms with Gasteiger partial charge in [0.15, 0.2) is 0 Å². The van der Waals surface area contributed by atoms with Gasteiger partial charge in [-0.15, -0.1) is 0 Å². The minimum absolute atomic E-state index is 0.210. The lowest BCUT2D eigenvalue weighted by Crippen LogP contribution is -2.47. The summed E-state index contributed by atoms with van der Waals surface area (Å²) in [5.74, 6) is -1.35. The largest absolute Gasteiger partial charge is 0.444 e. The number of carbonyl (C=O) groups is 4. The summed E-state index contributed by atoms with van der Waals surface area (Å²) in [6, 6.07) is 6.11. The van der Waals surface area contributed by atoms with Gasteiger partial charge < -0.3 is 15.0 Å². The van der Waals surface area contributed by atoms with Crippen LogP contribution in [0.5, 0.6) is 0 Å². The van der Waals surface area contributed by atoms with Crippen molar-refractivity contribution in [2.75, 3.05) is 20.1 Å². The average Bonchev–Trinajstić information content (AvgIpc) is 2.78. The molecule has 0 fully saturated rings. The van der Waals surface area contributed by atoms with Crippen LogP contribution in [0.3, 0.4) is 0 Å². The number of nitrogens with one attached hydrogen (secondary N) is 1. The van der Waals surface area contributed by atoms with Crippen molar-refractivity contribution >= 4 is 23.8 Å². The highest BCUT2D eigenvalue weighted by Crippen LogP contribution is 2.22. The maximum atomic E-state index is 12.4. The topological polar surface area (TPSA) is 96.0 Å². The molecular weight excluding hydrogens is 350 g/mol. The molecule has 1 heterocycles. The van der Waals surface area contributed by atoms with Crippen LogP contribution in [-0.4, -0.2) is 65.4 Å². The highest BCUT2D eigenvalue weighted by Gasteiger charge is 2.36. The first-order valence-corrected chi connectivity index (χ1v) is 8.68. The van der Waals surface area contributed by atoms with Crippen molar-refractivity contribution < 1.29 is 23.9 Å². The highest BCUT2D eigenvalue weighted by atomic mass is 16.6. The minimum atomic E-state index is -0.614. The van der Waals surface area contributed by atoms with Crippen molar-refractivity contribution in [2.45, 2.75) is 39.3 Å². The number of carbonyl (C=O) groups excluding carboxylic acids is 4. The van der Waals surface area contributed by atoms with Gasteiger partial charge >= 0.3 is 6.09 Å². The van der Waals surface area contributed by atoms with E-state index in [9.17, 15) is 19.2 Å². The number of hydrogen-bond donors (Lipinski definition) is 1. The van der Waals surface area contributed by atoms with Crippen LogP contribution in [0.15, 0.2) is 24.3 Å². The van der Waals surface area contributed by atoms with Crippen LogP contribution in [0.1, 0.15) is 48.4 Å². The summed E-state index contributed by atoms with van der Waals surface area (Å²) in [5, 5.41) is 2.65. The Kier molecular flexibility index (Phi) is 5.88. The Labute approximate surface area is 158 Å². The molecule has 1 N–H and O–H groups in total. The fourth-order valence-corrected chi connectivity index (χ4v) is 2.71. The van der Waals surface area contributed by atoms with E-state index in [4.69, 9.17) is 4.74 Å². The molecule has 4 amide bonds. The predicted octanol–water partition coefficient (Wildman–Crippen LogP) is 1.65. The van der Waals surface area contributed by atoms with Crippen molar-refractivity contribution in [1.82, 2.24) is 15.1 Å². The molecule has 0 radical (unpaired) electrons. The first-order valence-electron chi connectivity index (χ1n) is 8.68. The fourth-order valence-electron chi connectivity index (χ4n) is 2.71. The van der Waals surface area contributed by atoms with E-state index in [1.165, 1.54) is 4.90 Å². The minimum Gasteiger partial charge on any atom is -0.444 e. The number of likely N-dealkylation sites (N-methyl/N-ethyl adjacent to an activating group) is 1. The molecule has 1 aliphatic rings. The molecule has 1 aromatic carbocycles. The van der Waals surface area contributed by atoms with Gasteiger partial charge in [-0.1, -0.05) is 12.1 Å². The number of benzene rings is 1. The Balaban J connectivity index is 1.90. The van der Waals surface area contributed by atoms with Gasteiger partial charge in [0, 0.05) is 19.6 Å². The summed E-state index contributed by atoms with van der Waals surface area (Å²) >= 11 is 0. The van der Waals surface area contributed by atoms with E-state index >= 15 is 0 Å². The van der Waals surface area contributed by atoms with E-state index in [0.29, 0.717) is 11.1 Å². The summed E-state index contributed by atoms with van der Waals surface area (Å²) in [6.07, 6.45) is -0.573. The molecule has 0 bridgehead atoms. The number of ether oxygens (including phenoxy) is 1. The third-order valence-corrected chi connectivity index (χ3v) is 3.91. The van der Waals surface area contributed by atoms with Gasteiger partial charge in [0.25, 0.3) is 11.8 Å². The average molecular weight is 375 g/mol. The molecule has 0 unspecified atom stereocenters. The van der Waals surface area contributed by atoms with Crippen LogP contribution >= 0.6 is 0 Å². The van der Waals surface area contributed by atoms with Crippen molar-refractivity contribution in [3.63, 3.8) is 0 Å². The molecule has 8 nitrogen and oxygen atoms in total. The summed E-state index contributed by atoms with van der Waals surface area (Å²) < 4.78 is 5.17. The van der Waals surface area contributed by atoms with Crippen molar-refractivity contribution in [3.8, 4) is 0 Å². The SMILES string of the molecule is C[C@@H](CN(C)C(=O)CN1C(=O)c2ccccc2C1=O)NC(=O)OC(C)(C)C. The lowest BCUT2D eigenvalue weighted by atomic mass is 10.1. The molecule has 1 aliphatic heterocycles. The Morgan fingerprint density at radius 2 is 1.67 bits per heavy atom. The Morgan fingerprint density at radius 3 is 2.15 bits per heavy atom. The second kappa shape index (κ2) is 7.77. The Morgan fingerprint density at radius 1 is 1.15 bits per heavy atom. The number of imide groups is 1. The van der Waals surface area contributed by atoms with Gasteiger partial charge in [0.2, 0.25) is 5.91 Å². The first-order chi connectivity index (χ1) is 12.5. The van der Waals surface area contributed by atoms with Gasteiger partial charge in [-0.25, -0.2) is 4.79 Å². The van der Waals surface area contributed by atoms with E-state index in [0.717, 1.165) is 4.90 Å². The number of rotatable bonds is 5. The van der Waals surface area contributed by atoms with E-state index < -0.39 is 29.4 Å². The standard InChI is InChI=1S/C19H25N3O5/c1-12(20-18(26)27-19(2,3)4)10-21(5)15(23)11-22-16(24)13-8-6-7-9-14(13)17(22)25/h6-9,12H,10-11H2,1-5H3,(H,20,26)/t12-/m0/s1. The molecule has 146 valence electrons. The molecule has 0 saturated carbocycles. The molecule has 27 heavy (non-hydrogen) atoms. The monoisotopic (exact) mass is 375 g/mol. The molecule has 8 heteroatoms. The summed E-state index contributed by atoms with van der Waals surface area (Å²) in [4.78, 5) is 51.2. The summed E-state index contributed by atoms with van der Waals surface area (Å²) in [5.41, 5.74) is -0.00683. The van der Waals surface area contributed by atoms with E-state index in [-0.39, 0.29) is 19.1 Å². The zero-order chi connectivity index (χ0) is 20.4. The van der Waals surface area contributed by atoms with Gasteiger partial charge in [-0.2, -0.15) is 0 Å². The Hall–Kier alpha value is -2.90. The fraction of sp³-hybridized carbons (Fsp3) is 0.474. The number of fused-ring (bicyclic) bond motifs is 1. The number of alkyl carbamates (subject to hydrolysis) is 1. The smallest absolute Gasteiger partial charge is 0.407 e. The summed E-state index contributed by atoms with van der Waals surface area (Å²) in [7, 11) is 1.55. The highest BCUT2D eigenvalue weighted by molar-refractivity contribution is 6.22. The Bertz CT molecular complexity index is 734. The number of hydrogen-bond acceptors (Lipinski definition) is 5. The summed E-state index contributed by atoms with van der Waals surface area (Å²) in [6.45, 7) is 6.87. The van der Waals surface area contributed by atoms with Crippen LogP contribution in [0.4, 0.5) is 4.79 Å². The molecule has 0 aromatic heterocycles. The molecule has 0 saturated heterocycles. The maximum absolute atomic E-state index is 12.4. The quantitative estimate of drug-likeness (QED) is 0.790. The van der Waals surface area contributed by atoms with Gasteiger partial charge in [0.05, 0.1) is 11.1 Å².